The van der Waals surface area contributed by atoms with Crippen LogP contribution >= 0.6 is 27.5 Å². The Balaban J connectivity index is 1.64. The molecule has 0 saturated heterocycles. The third-order valence-corrected chi connectivity index (χ3v) is 5.66. The van der Waals surface area contributed by atoms with E-state index in [9.17, 15) is 9.59 Å². The zero-order valence-corrected chi connectivity index (χ0v) is 19.6. The number of nitrogens with zero attached hydrogens (tertiary/aromatic N) is 3. The van der Waals surface area contributed by atoms with Crippen LogP contribution in [-0.2, 0) is 11.3 Å². The van der Waals surface area contributed by atoms with Crippen LogP contribution < -0.4 is 10.9 Å². The zero-order valence-electron chi connectivity index (χ0n) is 17.2. The molecule has 0 aliphatic carbocycles. The van der Waals surface area contributed by atoms with Crippen LogP contribution in [0, 0.1) is 13.8 Å². The molecule has 1 amide bonds. The predicted octanol–water partition coefficient (Wildman–Crippen LogP) is 5.24. The standard InChI is InChI=1S/C23H18BrClN4O3/c1-13-11-14(2)29(12-19(30)26-18-9-5-16(24)6-10-18)23(31)20(13)22-27-21(28-32-22)15-3-7-17(25)8-4-15/h3-11H,12H2,1-2H3,(H,26,30). The van der Waals surface area contributed by atoms with E-state index in [1.807, 2.05) is 18.2 Å². The number of carbonyl (C=O) groups is 1. The molecule has 0 bridgehead atoms. The number of hydrogen-bond donors (Lipinski definition) is 1. The zero-order chi connectivity index (χ0) is 22.8. The quantitative estimate of drug-likeness (QED) is 0.394. The number of pyridine rings is 1. The van der Waals surface area contributed by atoms with E-state index in [0.29, 0.717) is 33.4 Å². The highest BCUT2D eigenvalue weighted by atomic mass is 79.9. The molecular formula is C23H18BrClN4O3. The highest BCUT2D eigenvalue weighted by molar-refractivity contribution is 9.10. The van der Waals surface area contributed by atoms with E-state index >= 15 is 0 Å². The van der Waals surface area contributed by atoms with E-state index in [4.69, 9.17) is 16.1 Å². The molecule has 32 heavy (non-hydrogen) atoms. The monoisotopic (exact) mass is 512 g/mol. The molecule has 0 aliphatic heterocycles. The van der Waals surface area contributed by atoms with Gasteiger partial charge in [0.2, 0.25) is 11.7 Å². The minimum Gasteiger partial charge on any atom is -0.333 e. The topological polar surface area (TPSA) is 90.0 Å². The summed E-state index contributed by atoms with van der Waals surface area (Å²) in [5.74, 6) is 0.120. The van der Waals surface area contributed by atoms with Crippen molar-refractivity contribution in [3.05, 3.63) is 85.7 Å². The first-order valence-corrected chi connectivity index (χ1v) is 10.9. The predicted molar refractivity (Wildman–Crippen MR) is 127 cm³/mol. The molecule has 4 aromatic rings. The molecule has 2 heterocycles. The van der Waals surface area contributed by atoms with Crippen molar-refractivity contribution in [2.45, 2.75) is 20.4 Å². The molecule has 0 atom stereocenters. The van der Waals surface area contributed by atoms with Gasteiger partial charge in [-0.15, -0.1) is 0 Å². The first-order chi connectivity index (χ1) is 15.3. The van der Waals surface area contributed by atoms with Gasteiger partial charge in [-0.25, -0.2) is 0 Å². The van der Waals surface area contributed by atoms with E-state index in [0.717, 1.165) is 4.47 Å². The Morgan fingerprint density at radius 1 is 1.12 bits per heavy atom. The number of aromatic nitrogens is 3. The fraction of sp³-hybridized carbons (Fsp3) is 0.130. The fourth-order valence-electron chi connectivity index (χ4n) is 3.30. The van der Waals surface area contributed by atoms with Crippen molar-refractivity contribution in [3.8, 4) is 22.8 Å². The van der Waals surface area contributed by atoms with Gasteiger partial charge in [-0.05, 0) is 74.0 Å². The van der Waals surface area contributed by atoms with E-state index in [2.05, 4.69) is 31.4 Å². The second-order valence-electron chi connectivity index (χ2n) is 7.22. The smallest absolute Gasteiger partial charge is 0.264 e. The molecule has 4 rings (SSSR count). The van der Waals surface area contributed by atoms with E-state index in [-0.39, 0.29) is 29.5 Å². The summed E-state index contributed by atoms with van der Waals surface area (Å²) < 4.78 is 7.69. The van der Waals surface area contributed by atoms with Crippen molar-refractivity contribution in [2.75, 3.05) is 5.32 Å². The Kier molecular flexibility index (Phi) is 6.25. The SMILES string of the molecule is Cc1cc(C)n(CC(=O)Nc2ccc(Br)cc2)c(=O)c1-c1nc(-c2ccc(Cl)cc2)no1. The molecule has 1 N–H and O–H groups in total. The summed E-state index contributed by atoms with van der Waals surface area (Å²) in [7, 11) is 0. The molecule has 162 valence electrons. The number of halogens is 2. The Morgan fingerprint density at radius 3 is 2.50 bits per heavy atom. The number of carbonyl (C=O) groups excluding carboxylic acids is 1. The molecule has 0 saturated carbocycles. The largest absolute Gasteiger partial charge is 0.333 e. The maximum atomic E-state index is 13.3. The van der Waals surface area contributed by atoms with Crippen LogP contribution in [0.2, 0.25) is 5.02 Å². The van der Waals surface area contributed by atoms with E-state index in [1.54, 1.807) is 50.2 Å². The third kappa shape index (κ3) is 4.66. The van der Waals surface area contributed by atoms with Crippen LogP contribution in [0.25, 0.3) is 22.8 Å². The van der Waals surface area contributed by atoms with Crippen molar-refractivity contribution in [2.24, 2.45) is 0 Å². The second-order valence-corrected chi connectivity index (χ2v) is 8.57. The molecule has 0 unspecified atom stereocenters. The first-order valence-electron chi connectivity index (χ1n) is 9.68. The van der Waals surface area contributed by atoms with Crippen molar-refractivity contribution < 1.29 is 9.32 Å². The van der Waals surface area contributed by atoms with Crippen molar-refractivity contribution in [3.63, 3.8) is 0 Å². The van der Waals surface area contributed by atoms with Gasteiger partial charge in [-0.2, -0.15) is 4.98 Å². The summed E-state index contributed by atoms with van der Waals surface area (Å²) in [6.45, 7) is 3.42. The summed E-state index contributed by atoms with van der Waals surface area (Å²) in [5, 5.41) is 7.38. The Hall–Kier alpha value is -3.23. The molecule has 7 nitrogen and oxygen atoms in total. The Bertz CT molecular complexity index is 1350. The van der Waals surface area contributed by atoms with Gasteiger partial charge in [0, 0.05) is 26.4 Å². The second kappa shape index (κ2) is 9.10. The lowest BCUT2D eigenvalue weighted by molar-refractivity contribution is -0.116. The van der Waals surface area contributed by atoms with Crippen LogP contribution in [0.15, 0.2) is 68.4 Å². The molecule has 0 spiro atoms. The molecule has 2 aromatic carbocycles. The Labute approximate surface area is 197 Å². The van der Waals surface area contributed by atoms with Gasteiger partial charge in [0.1, 0.15) is 12.1 Å². The van der Waals surface area contributed by atoms with Gasteiger partial charge >= 0.3 is 0 Å². The lowest BCUT2D eigenvalue weighted by Crippen LogP contribution is -2.30. The summed E-state index contributed by atoms with van der Waals surface area (Å²) >= 11 is 9.29. The number of anilines is 1. The third-order valence-electron chi connectivity index (χ3n) is 4.88. The molecule has 9 heteroatoms. The molecule has 2 aromatic heterocycles. The lowest BCUT2D eigenvalue weighted by atomic mass is 10.1. The van der Waals surface area contributed by atoms with Crippen LogP contribution in [0.5, 0.6) is 0 Å². The van der Waals surface area contributed by atoms with Crippen molar-refractivity contribution in [1.82, 2.24) is 14.7 Å². The van der Waals surface area contributed by atoms with E-state index < -0.39 is 0 Å². The number of rotatable bonds is 5. The van der Waals surface area contributed by atoms with Crippen molar-refractivity contribution in [1.29, 1.82) is 0 Å². The maximum Gasteiger partial charge on any atom is 0.264 e. The van der Waals surface area contributed by atoms with Gasteiger partial charge in [-0.1, -0.05) is 32.7 Å². The molecule has 0 fully saturated rings. The number of amides is 1. The fourth-order valence-corrected chi connectivity index (χ4v) is 3.69. The minimum atomic E-state index is -0.375. The van der Waals surface area contributed by atoms with Gasteiger partial charge in [-0.3, -0.25) is 9.59 Å². The van der Waals surface area contributed by atoms with Gasteiger partial charge in [0.15, 0.2) is 0 Å². The van der Waals surface area contributed by atoms with Crippen LogP contribution in [0.4, 0.5) is 5.69 Å². The van der Waals surface area contributed by atoms with Gasteiger partial charge in [0.05, 0.1) is 0 Å². The van der Waals surface area contributed by atoms with Gasteiger partial charge < -0.3 is 14.4 Å². The minimum absolute atomic E-state index is 0.0968. The van der Waals surface area contributed by atoms with Crippen molar-refractivity contribution >= 4 is 39.1 Å². The average molecular weight is 514 g/mol. The summed E-state index contributed by atoms with van der Waals surface area (Å²) in [6.07, 6.45) is 0. The summed E-state index contributed by atoms with van der Waals surface area (Å²) in [5.41, 5.74) is 2.58. The van der Waals surface area contributed by atoms with Crippen LogP contribution in [-0.4, -0.2) is 20.6 Å². The maximum absolute atomic E-state index is 13.3. The number of benzene rings is 2. The Morgan fingerprint density at radius 2 is 1.81 bits per heavy atom. The number of hydrogen-bond acceptors (Lipinski definition) is 5. The molecule has 0 radical (unpaired) electrons. The highest BCUT2D eigenvalue weighted by Gasteiger charge is 2.20. The molecule has 0 aliphatic rings. The summed E-state index contributed by atoms with van der Waals surface area (Å²) in [4.78, 5) is 30.2. The van der Waals surface area contributed by atoms with Crippen LogP contribution in [0.3, 0.4) is 0 Å². The number of nitrogens with one attached hydrogen (secondary N) is 1. The van der Waals surface area contributed by atoms with Gasteiger partial charge in [0.25, 0.3) is 11.4 Å². The number of aryl methyl sites for hydroxylation is 2. The normalized spacial score (nSPS) is 10.9. The lowest BCUT2D eigenvalue weighted by Gasteiger charge is -2.13. The van der Waals surface area contributed by atoms with E-state index in [1.165, 1.54) is 4.57 Å². The highest BCUT2D eigenvalue weighted by Crippen LogP contribution is 2.24. The average Bonchev–Trinajstić information content (AvgIpc) is 3.23. The first kappa shape index (κ1) is 22.0. The summed E-state index contributed by atoms with van der Waals surface area (Å²) in [6, 6.07) is 16.0. The molecular weight excluding hydrogens is 496 g/mol. The van der Waals surface area contributed by atoms with Crippen LogP contribution in [0.1, 0.15) is 11.3 Å².